The smallest absolute Gasteiger partial charge is 0.260 e. The zero-order valence-corrected chi connectivity index (χ0v) is 17.3. The lowest BCUT2D eigenvalue weighted by molar-refractivity contribution is 0.100. The van der Waals surface area contributed by atoms with Crippen LogP contribution in [0.3, 0.4) is 0 Å². The molecule has 0 spiro atoms. The van der Waals surface area contributed by atoms with Crippen molar-refractivity contribution in [3.05, 3.63) is 33.1 Å². The van der Waals surface area contributed by atoms with Gasteiger partial charge in [-0.05, 0) is 18.6 Å². The number of rotatable bonds is 7. The molecule has 0 aliphatic rings. The summed E-state index contributed by atoms with van der Waals surface area (Å²) >= 11 is 13.3. The van der Waals surface area contributed by atoms with Crippen LogP contribution in [0.1, 0.15) is 29.4 Å². The highest BCUT2D eigenvalue weighted by molar-refractivity contribution is 7.21. The topological polar surface area (TPSA) is 127 Å². The van der Waals surface area contributed by atoms with Crippen LogP contribution in [0, 0.1) is 0 Å². The van der Waals surface area contributed by atoms with Crippen LogP contribution in [0.15, 0.2) is 18.2 Å². The van der Waals surface area contributed by atoms with E-state index in [9.17, 15) is 9.90 Å². The van der Waals surface area contributed by atoms with Crippen LogP contribution < -0.4 is 16.8 Å². The lowest BCUT2D eigenvalue weighted by Gasteiger charge is -2.16. The maximum Gasteiger partial charge on any atom is 0.260 e. The van der Waals surface area contributed by atoms with Crippen LogP contribution >= 0.6 is 34.5 Å². The van der Waals surface area contributed by atoms with Crippen LogP contribution in [0.25, 0.3) is 21.5 Å². The van der Waals surface area contributed by atoms with Crippen LogP contribution in [0.4, 0.5) is 11.6 Å². The number of carbonyl (C=O) groups is 1. The summed E-state index contributed by atoms with van der Waals surface area (Å²) in [6.45, 7) is 1.96. The van der Waals surface area contributed by atoms with Gasteiger partial charge in [0.15, 0.2) is 0 Å². The highest BCUT2D eigenvalue weighted by Gasteiger charge is 2.22. The summed E-state index contributed by atoms with van der Waals surface area (Å²) in [4.78, 5) is 21.5. The number of carbonyl (C=O) groups excluding carboxylic acids is 1. The summed E-state index contributed by atoms with van der Waals surface area (Å²) in [6, 6.07) is 4.89. The number of anilines is 2. The number of aromatic nitrogens is 2. The number of nitrogens with two attached hydrogens (primary N) is 2. The van der Waals surface area contributed by atoms with Crippen LogP contribution in [0.5, 0.6) is 0 Å². The Hall–Kier alpha value is -2.13. The number of fused-ring (bicyclic) bond motifs is 1. The number of halogens is 2. The lowest BCUT2D eigenvalue weighted by atomic mass is 10.1. The zero-order chi connectivity index (χ0) is 20.4. The van der Waals surface area contributed by atoms with Gasteiger partial charge in [-0.2, -0.15) is 0 Å². The Morgan fingerprint density at radius 2 is 2.07 bits per heavy atom. The number of aliphatic hydroxyl groups excluding tert-OH is 1. The largest absolute Gasteiger partial charge is 0.397 e. The number of hydrogen-bond acceptors (Lipinski definition) is 7. The average molecular weight is 440 g/mol. The first-order valence-corrected chi connectivity index (χ1v) is 10.2. The second-order valence-corrected chi connectivity index (χ2v) is 8.04. The van der Waals surface area contributed by atoms with E-state index in [-0.39, 0.29) is 23.2 Å². The Balaban J connectivity index is 2.22. The van der Waals surface area contributed by atoms with E-state index in [0.717, 1.165) is 24.2 Å². The molecule has 148 valence electrons. The molecule has 0 aliphatic heterocycles. The number of hydrogen-bond donors (Lipinski definition) is 4. The van der Waals surface area contributed by atoms with Crippen LogP contribution in [-0.2, 0) is 0 Å². The molecule has 0 saturated heterocycles. The van der Waals surface area contributed by atoms with E-state index in [4.69, 9.17) is 34.7 Å². The molecule has 1 aromatic carbocycles. The fourth-order valence-corrected chi connectivity index (χ4v) is 4.11. The van der Waals surface area contributed by atoms with E-state index in [0.29, 0.717) is 37.5 Å². The first kappa shape index (κ1) is 20.6. The van der Waals surface area contributed by atoms with E-state index in [1.165, 1.54) is 0 Å². The molecule has 1 atom stereocenters. The summed E-state index contributed by atoms with van der Waals surface area (Å²) in [7, 11) is 0. The van der Waals surface area contributed by atoms with Gasteiger partial charge in [-0.15, -0.1) is 11.3 Å². The summed E-state index contributed by atoms with van der Waals surface area (Å²) in [5, 5.41) is 14.0. The van der Waals surface area contributed by atoms with Gasteiger partial charge in [-0.1, -0.05) is 42.6 Å². The Kier molecular flexibility index (Phi) is 6.24. The highest BCUT2D eigenvalue weighted by Crippen LogP contribution is 2.40. The van der Waals surface area contributed by atoms with Crippen molar-refractivity contribution in [3.63, 3.8) is 0 Å². The highest BCUT2D eigenvalue weighted by atomic mass is 35.5. The number of thiophene rings is 1. The molecule has 0 fully saturated rings. The molecule has 0 bridgehead atoms. The van der Waals surface area contributed by atoms with Crippen molar-refractivity contribution in [2.45, 2.75) is 25.8 Å². The van der Waals surface area contributed by atoms with E-state index in [2.05, 4.69) is 15.3 Å². The SMILES string of the molecule is CCC[C@H](CO)Nc1nc(-c2ccc(Cl)c(Cl)c2)c2c(N)c(C(N)=O)sc2n1. The van der Waals surface area contributed by atoms with Crippen molar-refractivity contribution in [1.82, 2.24) is 9.97 Å². The maximum atomic E-state index is 11.7. The van der Waals surface area contributed by atoms with E-state index in [1.54, 1.807) is 18.2 Å². The molecular formula is C18H19Cl2N5O2S. The molecule has 2 heterocycles. The number of amides is 1. The van der Waals surface area contributed by atoms with E-state index < -0.39 is 5.91 Å². The number of nitrogens with one attached hydrogen (secondary N) is 1. The van der Waals surface area contributed by atoms with Crippen molar-refractivity contribution in [1.29, 1.82) is 0 Å². The second kappa shape index (κ2) is 8.48. The minimum atomic E-state index is -0.630. The third-order valence-electron chi connectivity index (χ3n) is 4.20. The third-order valence-corrected chi connectivity index (χ3v) is 6.05. The number of nitrogens with zero attached hydrogens (tertiary/aromatic N) is 2. The van der Waals surface area contributed by atoms with E-state index >= 15 is 0 Å². The molecule has 7 nitrogen and oxygen atoms in total. The number of benzene rings is 1. The summed E-state index contributed by atoms with van der Waals surface area (Å²) in [5.74, 6) is -0.312. The summed E-state index contributed by atoms with van der Waals surface area (Å²) in [6.07, 6.45) is 1.64. The quantitative estimate of drug-likeness (QED) is 0.441. The molecule has 0 aliphatic carbocycles. The molecular weight excluding hydrogens is 421 g/mol. The lowest BCUT2D eigenvalue weighted by Crippen LogP contribution is -2.24. The van der Waals surface area contributed by atoms with Gasteiger partial charge in [0.2, 0.25) is 5.95 Å². The first-order valence-electron chi connectivity index (χ1n) is 8.58. The Labute approximate surface area is 175 Å². The van der Waals surface area contributed by atoms with Crippen molar-refractivity contribution < 1.29 is 9.90 Å². The van der Waals surface area contributed by atoms with Crippen LogP contribution in [0.2, 0.25) is 10.0 Å². The van der Waals surface area contributed by atoms with Gasteiger partial charge in [0.1, 0.15) is 9.71 Å². The van der Waals surface area contributed by atoms with Crippen molar-refractivity contribution in [3.8, 4) is 11.3 Å². The predicted octanol–water partition coefficient (Wildman–Crippen LogP) is 3.92. The minimum absolute atomic E-state index is 0.0591. The molecule has 2 aromatic heterocycles. The molecule has 0 saturated carbocycles. The molecule has 6 N–H and O–H groups in total. The normalized spacial score (nSPS) is 12.3. The van der Waals surface area contributed by atoms with Gasteiger partial charge in [-0.25, -0.2) is 9.97 Å². The van der Waals surface area contributed by atoms with Crippen molar-refractivity contribution >= 4 is 62.3 Å². The first-order chi connectivity index (χ1) is 13.3. The van der Waals surface area contributed by atoms with Gasteiger partial charge in [0.05, 0.1) is 39.5 Å². The summed E-state index contributed by atoms with van der Waals surface area (Å²) < 4.78 is 0. The molecule has 28 heavy (non-hydrogen) atoms. The molecule has 1 amide bonds. The molecule has 10 heteroatoms. The minimum Gasteiger partial charge on any atom is -0.397 e. The van der Waals surface area contributed by atoms with E-state index in [1.807, 2.05) is 6.92 Å². The molecule has 0 radical (unpaired) electrons. The van der Waals surface area contributed by atoms with Gasteiger partial charge < -0.3 is 21.9 Å². The maximum absolute atomic E-state index is 11.7. The Morgan fingerprint density at radius 1 is 1.32 bits per heavy atom. The average Bonchev–Trinajstić information content (AvgIpc) is 3.00. The predicted molar refractivity (Wildman–Crippen MR) is 115 cm³/mol. The Morgan fingerprint density at radius 3 is 2.68 bits per heavy atom. The van der Waals surface area contributed by atoms with Gasteiger partial charge >= 0.3 is 0 Å². The van der Waals surface area contributed by atoms with Crippen LogP contribution in [-0.4, -0.2) is 33.6 Å². The second-order valence-electron chi connectivity index (χ2n) is 6.23. The Bertz CT molecular complexity index is 1040. The number of primary amides is 1. The van der Waals surface area contributed by atoms with Gasteiger partial charge in [0.25, 0.3) is 5.91 Å². The molecule has 0 unspecified atom stereocenters. The van der Waals surface area contributed by atoms with Crippen molar-refractivity contribution in [2.24, 2.45) is 5.73 Å². The molecule has 3 rings (SSSR count). The van der Waals surface area contributed by atoms with Gasteiger partial charge in [-0.3, -0.25) is 4.79 Å². The standard InChI is InChI=1S/C18H19Cl2N5O2S/c1-2-3-9(7-26)23-18-24-14(8-4-5-10(19)11(20)6-8)12-13(21)15(16(22)27)28-17(12)25-18/h4-6,9,26H,2-3,7,21H2,1H3,(H2,22,27)(H,23,24,25)/t9-/m1/s1. The fourth-order valence-electron chi connectivity index (χ4n) is 2.86. The number of aliphatic hydroxyl groups is 1. The number of nitrogen functional groups attached to an aromatic ring is 1. The van der Waals surface area contributed by atoms with Crippen molar-refractivity contribution in [2.75, 3.05) is 17.7 Å². The zero-order valence-electron chi connectivity index (χ0n) is 15.0. The fraction of sp³-hybridized carbons (Fsp3) is 0.278. The summed E-state index contributed by atoms with van der Waals surface area (Å²) in [5.41, 5.74) is 13.0. The van der Waals surface area contributed by atoms with Gasteiger partial charge in [0, 0.05) is 5.56 Å². The monoisotopic (exact) mass is 439 g/mol. The molecule has 3 aromatic rings. The third kappa shape index (κ3) is 4.00.